The number of anilines is 1. The van der Waals surface area contributed by atoms with Gasteiger partial charge in [-0.2, -0.15) is 0 Å². The molecule has 1 unspecified atom stereocenters. The van der Waals surface area contributed by atoms with E-state index >= 15 is 0 Å². The number of carbonyl (C=O) groups excluding carboxylic acids is 1. The Bertz CT molecular complexity index is 455. The number of hydrogen-bond donors (Lipinski definition) is 3. The summed E-state index contributed by atoms with van der Waals surface area (Å²) in [5.41, 5.74) is 0.578. The van der Waals surface area contributed by atoms with Crippen LogP contribution in [-0.2, 0) is 0 Å². The summed E-state index contributed by atoms with van der Waals surface area (Å²) >= 11 is 0. The molecule has 0 saturated carbocycles. The van der Waals surface area contributed by atoms with Crippen molar-refractivity contribution in [3.05, 3.63) is 24.3 Å². The fourth-order valence-corrected chi connectivity index (χ4v) is 2.71. The van der Waals surface area contributed by atoms with E-state index in [1.54, 1.807) is 23.1 Å². The molecule has 17 heavy (non-hydrogen) atoms. The molecule has 0 aliphatic carbocycles. The van der Waals surface area contributed by atoms with Crippen molar-refractivity contribution < 1.29 is 9.90 Å². The van der Waals surface area contributed by atoms with E-state index in [2.05, 4.69) is 10.6 Å². The van der Waals surface area contributed by atoms with Gasteiger partial charge < -0.3 is 15.7 Å². The van der Waals surface area contributed by atoms with Crippen LogP contribution in [0.1, 0.15) is 6.42 Å². The van der Waals surface area contributed by atoms with Crippen LogP contribution < -0.4 is 15.5 Å². The normalized spacial score (nSPS) is 27.8. The van der Waals surface area contributed by atoms with Gasteiger partial charge >= 0.3 is 6.03 Å². The summed E-state index contributed by atoms with van der Waals surface area (Å²) < 4.78 is 0. The first-order chi connectivity index (χ1) is 8.21. The lowest BCUT2D eigenvalue weighted by Crippen LogP contribution is -2.49. The molecule has 2 heterocycles. The molecule has 1 aromatic carbocycles. The molecule has 1 atom stereocenters. The second kappa shape index (κ2) is 3.63. The van der Waals surface area contributed by atoms with Gasteiger partial charge in [-0.3, -0.25) is 4.90 Å². The molecule has 5 nitrogen and oxygen atoms in total. The Labute approximate surface area is 99.4 Å². The van der Waals surface area contributed by atoms with Gasteiger partial charge in [0, 0.05) is 24.8 Å². The number of phenolic OH excluding ortho intramolecular Hbond substituents is 1. The van der Waals surface area contributed by atoms with E-state index in [0.29, 0.717) is 6.54 Å². The minimum atomic E-state index is -0.176. The van der Waals surface area contributed by atoms with E-state index in [9.17, 15) is 9.90 Å². The van der Waals surface area contributed by atoms with Crippen molar-refractivity contribution >= 4 is 11.7 Å². The first kappa shape index (κ1) is 10.4. The van der Waals surface area contributed by atoms with Crippen molar-refractivity contribution in [2.24, 2.45) is 0 Å². The number of urea groups is 1. The van der Waals surface area contributed by atoms with Gasteiger partial charge in [0.15, 0.2) is 0 Å². The first-order valence-electron chi connectivity index (χ1n) is 5.79. The molecule has 0 aromatic heterocycles. The summed E-state index contributed by atoms with van der Waals surface area (Å²) in [6, 6.07) is 6.76. The van der Waals surface area contributed by atoms with Crippen LogP contribution >= 0.6 is 0 Å². The maximum absolute atomic E-state index is 12.0. The Morgan fingerprint density at radius 3 is 2.94 bits per heavy atom. The van der Waals surface area contributed by atoms with Crippen molar-refractivity contribution in [1.29, 1.82) is 0 Å². The molecular weight excluding hydrogens is 218 g/mol. The van der Waals surface area contributed by atoms with Crippen molar-refractivity contribution in [2.45, 2.75) is 12.0 Å². The fraction of sp³-hybridized carbons (Fsp3) is 0.417. The van der Waals surface area contributed by atoms with Crippen LogP contribution in [0.3, 0.4) is 0 Å². The van der Waals surface area contributed by atoms with Crippen molar-refractivity contribution in [3.63, 3.8) is 0 Å². The van der Waals surface area contributed by atoms with Crippen LogP contribution in [0.5, 0.6) is 5.75 Å². The van der Waals surface area contributed by atoms with Gasteiger partial charge in [-0.15, -0.1) is 0 Å². The summed E-state index contributed by atoms with van der Waals surface area (Å²) in [7, 11) is 0. The van der Waals surface area contributed by atoms with Gasteiger partial charge in [0.2, 0.25) is 0 Å². The molecule has 1 aromatic rings. The number of nitrogens with one attached hydrogen (secondary N) is 2. The number of amides is 2. The molecule has 3 N–H and O–H groups in total. The van der Waals surface area contributed by atoms with Gasteiger partial charge in [0.05, 0.1) is 5.54 Å². The van der Waals surface area contributed by atoms with Crippen LogP contribution in [0.15, 0.2) is 24.3 Å². The number of hydrogen-bond acceptors (Lipinski definition) is 3. The first-order valence-corrected chi connectivity index (χ1v) is 5.79. The fourth-order valence-electron chi connectivity index (χ4n) is 2.71. The zero-order valence-electron chi connectivity index (χ0n) is 9.44. The van der Waals surface area contributed by atoms with Crippen molar-refractivity contribution in [2.75, 3.05) is 24.5 Å². The van der Waals surface area contributed by atoms with Crippen LogP contribution in [0, 0.1) is 0 Å². The van der Waals surface area contributed by atoms with Crippen LogP contribution in [0.4, 0.5) is 10.5 Å². The standard InChI is InChI=1S/C12H15N3O2/c16-10-3-1-2-9(6-10)15-11(17)14-8-12(15)4-5-13-7-12/h1-3,6,13,16H,4-5,7-8H2,(H,14,17). The van der Waals surface area contributed by atoms with Crippen LogP contribution in [-0.4, -0.2) is 36.3 Å². The number of aromatic hydroxyl groups is 1. The molecule has 5 heteroatoms. The average Bonchev–Trinajstić information content (AvgIpc) is 2.88. The molecule has 3 rings (SSSR count). The Morgan fingerprint density at radius 2 is 2.24 bits per heavy atom. The third-order valence-corrected chi connectivity index (χ3v) is 3.56. The van der Waals surface area contributed by atoms with Crippen molar-refractivity contribution in [1.82, 2.24) is 10.6 Å². The topological polar surface area (TPSA) is 64.6 Å². The second-order valence-electron chi connectivity index (χ2n) is 4.67. The molecular formula is C12H15N3O2. The second-order valence-corrected chi connectivity index (χ2v) is 4.67. The molecule has 0 radical (unpaired) electrons. The lowest BCUT2D eigenvalue weighted by atomic mass is 9.97. The van der Waals surface area contributed by atoms with Gasteiger partial charge in [-0.25, -0.2) is 4.79 Å². The zero-order chi connectivity index (χ0) is 11.9. The molecule has 0 bridgehead atoms. The molecule has 2 fully saturated rings. The summed E-state index contributed by atoms with van der Waals surface area (Å²) in [5.74, 6) is 0.184. The van der Waals surface area contributed by atoms with Gasteiger partial charge in [-0.05, 0) is 25.1 Å². The lowest BCUT2D eigenvalue weighted by molar-refractivity contribution is 0.251. The van der Waals surface area contributed by atoms with E-state index < -0.39 is 0 Å². The van der Waals surface area contributed by atoms with Gasteiger partial charge in [-0.1, -0.05) is 6.07 Å². The summed E-state index contributed by atoms with van der Waals surface area (Å²) in [6.45, 7) is 2.38. The van der Waals surface area contributed by atoms with Gasteiger partial charge in [0.25, 0.3) is 0 Å². The van der Waals surface area contributed by atoms with Crippen molar-refractivity contribution in [3.8, 4) is 5.75 Å². The lowest BCUT2D eigenvalue weighted by Gasteiger charge is -2.32. The maximum Gasteiger partial charge on any atom is 0.322 e. The number of rotatable bonds is 1. The van der Waals surface area contributed by atoms with Crippen LogP contribution in [0.2, 0.25) is 0 Å². The molecule has 2 aliphatic heterocycles. The van der Waals surface area contributed by atoms with E-state index in [-0.39, 0.29) is 17.3 Å². The summed E-state index contributed by atoms with van der Waals surface area (Å²) in [5, 5.41) is 15.7. The average molecular weight is 233 g/mol. The molecule has 90 valence electrons. The Kier molecular flexibility index (Phi) is 2.22. The molecule has 1 spiro atoms. The Morgan fingerprint density at radius 1 is 1.35 bits per heavy atom. The summed E-state index contributed by atoms with van der Waals surface area (Å²) in [6.07, 6.45) is 0.932. The van der Waals surface area contributed by atoms with Crippen LogP contribution in [0.25, 0.3) is 0 Å². The van der Waals surface area contributed by atoms with E-state index in [1.165, 1.54) is 0 Å². The highest BCUT2D eigenvalue weighted by Gasteiger charge is 2.48. The number of phenols is 1. The van der Waals surface area contributed by atoms with Gasteiger partial charge in [0.1, 0.15) is 5.75 Å². The highest BCUT2D eigenvalue weighted by molar-refractivity contribution is 5.96. The number of benzene rings is 1. The SMILES string of the molecule is O=C1NCC2(CCNC2)N1c1cccc(O)c1. The Balaban J connectivity index is 2.01. The van der Waals surface area contributed by atoms with E-state index in [1.807, 2.05) is 6.07 Å². The molecule has 2 saturated heterocycles. The smallest absolute Gasteiger partial charge is 0.322 e. The third-order valence-electron chi connectivity index (χ3n) is 3.56. The number of nitrogens with zero attached hydrogens (tertiary/aromatic N) is 1. The quantitative estimate of drug-likeness (QED) is 0.667. The predicted octanol–water partition coefficient (Wildman–Crippen LogP) is 0.654. The summed E-state index contributed by atoms with van der Waals surface area (Å²) in [4.78, 5) is 13.7. The van der Waals surface area contributed by atoms with E-state index in [0.717, 1.165) is 25.2 Å². The maximum atomic E-state index is 12.0. The Hall–Kier alpha value is -1.75. The largest absolute Gasteiger partial charge is 0.508 e. The third kappa shape index (κ3) is 1.54. The molecule has 2 amide bonds. The minimum absolute atomic E-state index is 0.0840. The minimum Gasteiger partial charge on any atom is -0.508 e. The predicted molar refractivity (Wildman–Crippen MR) is 64.2 cm³/mol. The molecule has 2 aliphatic rings. The number of carbonyl (C=O) groups is 1. The zero-order valence-corrected chi connectivity index (χ0v) is 9.44. The van der Waals surface area contributed by atoms with E-state index in [4.69, 9.17) is 0 Å². The highest BCUT2D eigenvalue weighted by Crippen LogP contribution is 2.33. The monoisotopic (exact) mass is 233 g/mol. The highest BCUT2D eigenvalue weighted by atomic mass is 16.3.